The van der Waals surface area contributed by atoms with E-state index in [1.165, 1.54) is 0 Å². The summed E-state index contributed by atoms with van der Waals surface area (Å²) in [7, 11) is 1.83. The van der Waals surface area contributed by atoms with Crippen LogP contribution in [0.4, 0.5) is 10.5 Å². The molecule has 0 bridgehead atoms. The Hall–Kier alpha value is -2.21. The molecule has 0 fully saturated rings. The molecule has 2 rings (SSSR count). The first-order valence-electron chi connectivity index (χ1n) is 6.98. The highest BCUT2D eigenvalue weighted by molar-refractivity contribution is 6.30. The molecule has 2 N–H and O–H groups in total. The van der Waals surface area contributed by atoms with Gasteiger partial charge in [0.2, 0.25) is 0 Å². The SMILES string of the molecule is CCOc1cc(Cl)ccc1NC(=O)NC(C)c1cnn(C)c1. The molecular weight excluding hydrogens is 304 g/mol. The number of amides is 2. The van der Waals surface area contributed by atoms with Crippen molar-refractivity contribution in [2.24, 2.45) is 7.05 Å². The molecule has 0 aliphatic rings. The zero-order valence-corrected chi connectivity index (χ0v) is 13.5. The van der Waals surface area contributed by atoms with Crippen molar-refractivity contribution in [2.75, 3.05) is 11.9 Å². The third kappa shape index (κ3) is 4.14. The lowest BCUT2D eigenvalue weighted by atomic mass is 10.2. The zero-order valence-electron chi connectivity index (χ0n) is 12.8. The van der Waals surface area contributed by atoms with E-state index >= 15 is 0 Å². The van der Waals surface area contributed by atoms with E-state index in [0.717, 1.165) is 5.56 Å². The van der Waals surface area contributed by atoms with Crippen molar-refractivity contribution in [2.45, 2.75) is 19.9 Å². The Bertz CT molecular complexity index is 657. The fraction of sp³-hybridized carbons (Fsp3) is 0.333. The molecule has 0 radical (unpaired) electrons. The van der Waals surface area contributed by atoms with Crippen molar-refractivity contribution in [1.82, 2.24) is 15.1 Å². The molecule has 1 atom stereocenters. The molecule has 1 heterocycles. The van der Waals surface area contributed by atoms with Gasteiger partial charge < -0.3 is 15.4 Å². The van der Waals surface area contributed by atoms with Crippen LogP contribution in [0.1, 0.15) is 25.5 Å². The summed E-state index contributed by atoms with van der Waals surface area (Å²) in [4.78, 5) is 12.1. The summed E-state index contributed by atoms with van der Waals surface area (Å²) in [6, 6.07) is 4.60. The number of urea groups is 1. The molecule has 118 valence electrons. The Labute approximate surface area is 134 Å². The predicted octanol–water partition coefficient (Wildman–Crippen LogP) is 3.35. The van der Waals surface area contributed by atoms with Crippen LogP contribution in [-0.2, 0) is 7.05 Å². The normalized spacial score (nSPS) is 11.8. The van der Waals surface area contributed by atoms with Crippen LogP contribution in [0.2, 0.25) is 5.02 Å². The Balaban J connectivity index is 2.02. The summed E-state index contributed by atoms with van der Waals surface area (Å²) in [6.45, 7) is 4.25. The third-order valence-electron chi connectivity index (χ3n) is 3.06. The minimum absolute atomic E-state index is 0.156. The molecule has 0 saturated carbocycles. The average molecular weight is 323 g/mol. The number of carbonyl (C=O) groups is 1. The zero-order chi connectivity index (χ0) is 16.1. The maximum Gasteiger partial charge on any atom is 0.319 e. The van der Waals surface area contributed by atoms with Crippen LogP contribution in [0, 0.1) is 0 Å². The Kier molecular flexibility index (Phi) is 5.27. The molecule has 0 spiro atoms. The minimum atomic E-state index is -0.320. The lowest BCUT2D eigenvalue weighted by molar-refractivity contribution is 0.249. The van der Waals surface area contributed by atoms with Gasteiger partial charge in [-0.3, -0.25) is 4.68 Å². The number of ether oxygens (including phenoxy) is 1. The molecule has 6 nitrogen and oxygen atoms in total. The maximum absolute atomic E-state index is 12.1. The first kappa shape index (κ1) is 16.2. The fourth-order valence-electron chi connectivity index (χ4n) is 1.98. The van der Waals surface area contributed by atoms with E-state index < -0.39 is 0 Å². The topological polar surface area (TPSA) is 68.2 Å². The van der Waals surface area contributed by atoms with E-state index in [1.54, 1.807) is 29.1 Å². The van der Waals surface area contributed by atoms with Crippen molar-refractivity contribution in [1.29, 1.82) is 0 Å². The van der Waals surface area contributed by atoms with Gasteiger partial charge in [0.15, 0.2) is 0 Å². The third-order valence-corrected chi connectivity index (χ3v) is 3.30. The van der Waals surface area contributed by atoms with E-state index in [2.05, 4.69) is 15.7 Å². The summed E-state index contributed by atoms with van der Waals surface area (Å²) in [5, 5.41) is 10.3. The van der Waals surface area contributed by atoms with E-state index in [4.69, 9.17) is 16.3 Å². The summed E-state index contributed by atoms with van der Waals surface area (Å²) >= 11 is 5.94. The first-order valence-corrected chi connectivity index (χ1v) is 7.35. The molecule has 1 aromatic carbocycles. The van der Waals surface area contributed by atoms with Crippen LogP contribution in [0.25, 0.3) is 0 Å². The number of nitrogens with one attached hydrogen (secondary N) is 2. The lowest BCUT2D eigenvalue weighted by Crippen LogP contribution is -2.31. The number of carbonyl (C=O) groups excluding carboxylic acids is 1. The van der Waals surface area contributed by atoms with Gasteiger partial charge in [-0.15, -0.1) is 0 Å². The average Bonchev–Trinajstić information content (AvgIpc) is 2.89. The van der Waals surface area contributed by atoms with Gasteiger partial charge in [-0.05, 0) is 26.0 Å². The first-order chi connectivity index (χ1) is 10.5. The number of halogens is 1. The van der Waals surface area contributed by atoms with Gasteiger partial charge in [0.05, 0.1) is 24.5 Å². The standard InChI is InChI=1S/C15H19ClN4O2/c1-4-22-14-7-12(16)5-6-13(14)19-15(21)18-10(2)11-8-17-20(3)9-11/h5-10H,4H2,1-3H3,(H2,18,19,21). The second-order valence-electron chi connectivity index (χ2n) is 4.84. The van der Waals surface area contributed by atoms with E-state index in [9.17, 15) is 4.79 Å². The number of benzene rings is 1. The Morgan fingerprint density at radius 1 is 1.50 bits per heavy atom. The molecule has 0 aliphatic heterocycles. The lowest BCUT2D eigenvalue weighted by Gasteiger charge is -2.15. The second kappa shape index (κ2) is 7.17. The summed E-state index contributed by atoms with van der Waals surface area (Å²) in [5.74, 6) is 0.541. The number of rotatable bonds is 5. The highest BCUT2D eigenvalue weighted by Crippen LogP contribution is 2.28. The van der Waals surface area contributed by atoms with Crippen LogP contribution < -0.4 is 15.4 Å². The molecule has 2 amide bonds. The van der Waals surface area contributed by atoms with E-state index in [0.29, 0.717) is 23.1 Å². The highest BCUT2D eigenvalue weighted by Gasteiger charge is 2.13. The van der Waals surface area contributed by atoms with Gasteiger partial charge in [0, 0.05) is 29.9 Å². The molecule has 1 aromatic heterocycles. The van der Waals surface area contributed by atoms with Crippen molar-refractivity contribution < 1.29 is 9.53 Å². The predicted molar refractivity (Wildman–Crippen MR) is 86.4 cm³/mol. The van der Waals surface area contributed by atoms with Gasteiger partial charge in [-0.25, -0.2) is 4.79 Å². The molecular formula is C15H19ClN4O2. The number of hydrogen-bond acceptors (Lipinski definition) is 3. The monoisotopic (exact) mass is 322 g/mol. The van der Waals surface area contributed by atoms with Crippen molar-refractivity contribution in [3.8, 4) is 5.75 Å². The van der Waals surface area contributed by atoms with Gasteiger partial charge >= 0.3 is 6.03 Å². The molecule has 0 saturated heterocycles. The molecule has 1 unspecified atom stereocenters. The summed E-state index contributed by atoms with van der Waals surface area (Å²) < 4.78 is 7.16. The maximum atomic E-state index is 12.1. The van der Waals surface area contributed by atoms with Gasteiger partial charge in [-0.2, -0.15) is 5.10 Å². The summed E-state index contributed by atoms with van der Waals surface area (Å²) in [6.07, 6.45) is 3.58. The minimum Gasteiger partial charge on any atom is -0.492 e. The molecule has 7 heteroatoms. The fourth-order valence-corrected chi connectivity index (χ4v) is 2.14. The van der Waals surface area contributed by atoms with Gasteiger partial charge in [0.25, 0.3) is 0 Å². The summed E-state index contributed by atoms with van der Waals surface area (Å²) in [5.41, 5.74) is 1.50. The van der Waals surface area contributed by atoms with Crippen molar-refractivity contribution >= 4 is 23.3 Å². The van der Waals surface area contributed by atoms with Crippen molar-refractivity contribution in [3.63, 3.8) is 0 Å². The molecule has 2 aromatic rings. The number of hydrogen-bond donors (Lipinski definition) is 2. The molecule has 22 heavy (non-hydrogen) atoms. The number of aromatic nitrogens is 2. The van der Waals surface area contributed by atoms with Crippen LogP contribution in [0.3, 0.4) is 0 Å². The van der Waals surface area contributed by atoms with Crippen LogP contribution in [0.5, 0.6) is 5.75 Å². The number of anilines is 1. The largest absolute Gasteiger partial charge is 0.492 e. The van der Waals surface area contributed by atoms with Crippen molar-refractivity contribution in [3.05, 3.63) is 41.2 Å². The second-order valence-corrected chi connectivity index (χ2v) is 5.28. The van der Waals surface area contributed by atoms with Gasteiger partial charge in [-0.1, -0.05) is 11.6 Å². The highest BCUT2D eigenvalue weighted by atomic mass is 35.5. The Morgan fingerprint density at radius 3 is 2.91 bits per heavy atom. The number of aryl methyl sites for hydroxylation is 1. The van der Waals surface area contributed by atoms with Gasteiger partial charge in [0.1, 0.15) is 5.75 Å². The van der Waals surface area contributed by atoms with E-state index in [-0.39, 0.29) is 12.1 Å². The molecule has 0 aliphatic carbocycles. The smallest absolute Gasteiger partial charge is 0.319 e. The van der Waals surface area contributed by atoms with Crippen LogP contribution in [0.15, 0.2) is 30.6 Å². The van der Waals surface area contributed by atoms with E-state index in [1.807, 2.05) is 27.1 Å². The van der Waals surface area contributed by atoms with Crippen LogP contribution in [-0.4, -0.2) is 22.4 Å². The number of nitrogens with zero attached hydrogens (tertiary/aromatic N) is 2. The van der Waals surface area contributed by atoms with Crippen LogP contribution >= 0.6 is 11.6 Å². The Morgan fingerprint density at radius 2 is 2.27 bits per heavy atom. The quantitative estimate of drug-likeness (QED) is 0.887.